The Bertz CT molecular complexity index is 332. The van der Waals surface area contributed by atoms with Crippen molar-refractivity contribution in [1.82, 2.24) is 10.2 Å². The average Bonchev–Trinajstić information content (AvgIpc) is 2.71. The summed E-state index contributed by atoms with van der Waals surface area (Å²) in [7, 11) is 0. The van der Waals surface area contributed by atoms with Crippen LogP contribution in [0.2, 0.25) is 0 Å². The lowest BCUT2D eigenvalue weighted by molar-refractivity contribution is -0.147. The summed E-state index contributed by atoms with van der Waals surface area (Å²) in [5.41, 5.74) is -1.06. The molecule has 0 radical (unpaired) electrons. The minimum absolute atomic E-state index is 0.0566. The first kappa shape index (κ1) is 14.8. The predicted molar refractivity (Wildman–Crippen MR) is 69.4 cm³/mol. The van der Waals surface area contributed by atoms with E-state index >= 15 is 0 Å². The molecular weight excluding hydrogens is 232 g/mol. The van der Waals surface area contributed by atoms with Gasteiger partial charge in [-0.25, -0.2) is 9.59 Å². The smallest absolute Gasteiger partial charge is 0.329 e. The Labute approximate surface area is 109 Å². The molecule has 0 bridgehead atoms. The third-order valence-electron chi connectivity index (χ3n) is 4.20. The second-order valence-electron chi connectivity index (χ2n) is 5.46. The molecule has 104 valence electrons. The topological polar surface area (TPSA) is 69.6 Å². The van der Waals surface area contributed by atoms with Gasteiger partial charge in [-0.2, -0.15) is 0 Å². The van der Waals surface area contributed by atoms with Crippen molar-refractivity contribution >= 4 is 12.0 Å². The third-order valence-corrected chi connectivity index (χ3v) is 4.20. The molecule has 1 fully saturated rings. The van der Waals surface area contributed by atoms with Crippen molar-refractivity contribution in [2.24, 2.45) is 5.92 Å². The number of amides is 2. The van der Waals surface area contributed by atoms with Crippen molar-refractivity contribution < 1.29 is 14.7 Å². The van der Waals surface area contributed by atoms with E-state index in [-0.39, 0.29) is 12.1 Å². The van der Waals surface area contributed by atoms with Crippen LogP contribution in [0.3, 0.4) is 0 Å². The fourth-order valence-corrected chi connectivity index (χ4v) is 2.28. The number of likely N-dealkylation sites (tertiary alicyclic amines) is 1. The number of urea groups is 1. The molecule has 0 spiro atoms. The first-order valence-corrected chi connectivity index (χ1v) is 6.64. The monoisotopic (exact) mass is 256 g/mol. The van der Waals surface area contributed by atoms with Crippen LogP contribution in [0.1, 0.15) is 47.0 Å². The summed E-state index contributed by atoms with van der Waals surface area (Å²) in [6, 6.07) is -0.202. The van der Waals surface area contributed by atoms with Crippen LogP contribution in [0, 0.1) is 5.92 Å². The maximum absolute atomic E-state index is 12.1. The zero-order valence-corrected chi connectivity index (χ0v) is 11.7. The van der Waals surface area contributed by atoms with E-state index in [2.05, 4.69) is 19.2 Å². The molecule has 3 atom stereocenters. The highest BCUT2D eigenvalue weighted by Gasteiger charge is 2.46. The summed E-state index contributed by atoms with van der Waals surface area (Å²) in [6.07, 6.45) is 2.25. The maximum atomic E-state index is 12.1. The minimum atomic E-state index is -1.06. The van der Waals surface area contributed by atoms with Gasteiger partial charge in [-0.1, -0.05) is 20.3 Å². The molecular formula is C13H24N2O3. The number of rotatable bonds is 4. The summed E-state index contributed by atoms with van der Waals surface area (Å²) >= 11 is 0. The van der Waals surface area contributed by atoms with Crippen molar-refractivity contribution in [3.05, 3.63) is 0 Å². The molecule has 1 aliphatic heterocycles. The SMILES string of the molecule is CCC(C)C(C)NC(=O)N1CCCC1(C)C(=O)O. The lowest BCUT2D eigenvalue weighted by Crippen LogP contribution is -2.56. The number of hydrogen-bond acceptors (Lipinski definition) is 2. The highest BCUT2D eigenvalue weighted by molar-refractivity contribution is 5.86. The predicted octanol–water partition coefficient (Wildman–Crippen LogP) is 2.07. The fraction of sp³-hybridized carbons (Fsp3) is 0.846. The van der Waals surface area contributed by atoms with Crippen LogP contribution in [-0.4, -0.2) is 40.1 Å². The van der Waals surface area contributed by atoms with Crippen LogP contribution in [0.5, 0.6) is 0 Å². The summed E-state index contributed by atoms with van der Waals surface area (Å²) in [5.74, 6) is -0.543. The zero-order valence-electron chi connectivity index (χ0n) is 11.7. The van der Waals surface area contributed by atoms with E-state index in [1.807, 2.05) is 6.92 Å². The van der Waals surface area contributed by atoms with Gasteiger partial charge >= 0.3 is 12.0 Å². The van der Waals surface area contributed by atoms with Crippen molar-refractivity contribution in [2.45, 2.75) is 58.5 Å². The Morgan fingerprint density at radius 3 is 2.56 bits per heavy atom. The van der Waals surface area contributed by atoms with Gasteiger partial charge < -0.3 is 15.3 Å². The number of carboxylic acids is 1. The van der Waals surface area contributed by atoms with Gasteiger partial charge in [-0.05, 0) is 32.6 Å². The largest absolute Gasteiger partial charge is 0.480 e. The van der Waals surface area contributed by atoms with Gasteiger partial charge in [0.05, 0.1) is 0 Å². The number of nitrogens with zero attached hydrogens (tertiary/aromatic N) is 1. The molecule has 0 aromatic carbocycles. The number of carbonyl (C=O) groups is 2. The molecule has 1 aliphatic rings. The highest BCUT2D eigenvalue weighted by Crippen LogP contribution is 2.29. The van der Waals surface area contributed by atoms with E-state index in [9.17, 15) is 14.7 Å². The van der Waals surface area contributed by atoms with Crippen molar-refractivity contribution in [3.63, 3.8) is 0 Å². The molecule has 0 aromatic heterocycles. The molecule has 2 N–H and O–H groups in total. The van der Waals surface area contributed by atoms with Crippen LogP contribution in [-0.2, 0) is 4.79 Å². The van der Waals surface area contributed by atoms with Gasteiger partial charge in [0.2, 0.25) is 0 Å². The van der Waals surface area contributed by atoms with Gasteiger partial charge in [0.15, 0.2) is 0 Å². The summed E-state index contributed by atoms with van der Waals surface area (Å²) < 4.78 is 0. The Morgan fingerprint density at radius 1 is 1.44 bits per heavy atom. The van der Waals surface area contributed by atoms with Crippen LogP contribution in [0.25, 0.3) is 0 Å². The first-order valence-electron chi connectivity index (χ1n) is 6.64. The van der Waals surface area contributed by atoms with Gasteiger partial charge in [-0.15, -0.1) is 0 Å². The van der Waals surface area contributed by atoms with E-state index in [1.165, 1.54) is 4.90 Å². The average molecular weight is 256 g/mol. The molecule has 1 saturated heterocycles. The zero-order chi connectivity index (χ0) is 13.9. The molecule has 1 heterocycles. The van der Waals surface area contributed by atoms with Crippen LogP contribution in [0.15, 0.2) is 0 Å². The minimum Gasteiger partial charge on any atom is -0.480 e. The summed E-state index contributed by atoms with van der Waals surface area (Å²) in [5, 5.41) is 12.2. The maximum Gasteiger partial charge on any atom is 0.329 e. The number of aliphatic carboxylic acids is 1. The molecule has 1 rings (SSSR count). The van der Waals surface area contributed by atoms with Crippen molar-refractivity contribution in [2.75, 3.05) is 6.54 Å². The van der Waals surface area contributed by atoms with Crippen LogP contribution >= 0.6 is 0 Å². The lowest BCUT2D eigenvalue weighted by atomic mass is 9.99. The Kier molecular flexibility index (Phi) is 4.59. The van der Waals surface area contributed by atoms with Gasteiger partial charge in [-0.3, -0.25) is 0 Å². The van der Waals surface area contributed by atoms with Crippen LogP contribution < -0.4 is 5.32 Å². The van der Waals surface area contributed by atoms with Crippen LogP contribution in [0.4, 0.5) is 4.79 Å². The molecule has 5 nitrogen and oxygen atoms in total. The lowest BCUT2D eigenvalue weighted by Gasteiger charge is -2.33. The first-order chi connectivity index (χ1) is 8.32. The van der Waals surface area contributed by atoms with E-state index in [0.29, 0.717) is 18.9 Å². The van der Waals surface area contributed by atoms with E-state index in [4.69, 9.17) is 0 Å². The molecule has 0 saturated carbocycles. The van der Waals surface area contributed by atoms with Gasteiger partial charge in [0.25, 0.3) is 0 Å². The molecule has 3 unspecified atom stereocenters. The van der Waals surface area contributed by atoms with Gasteiger partial charge in [0.1, 0.15) is 5.54 Å². The normalized spacial score (nSPS) is 26.8. The molecule has 2 amide bonds. The standard InChI is InChI=1S/C13H24N2O3/c1-5-9(2)10(3)14-12(18)15-8-6-7-13(15,4)11(16)17/h9-10H,5-8H2,1-4H3,(H,14,18)(H,16,17). The Hall–Kier alpha value is -1.26. The number of carboxylic acid groups (broad SMARTS) is 1. The molecule has 5 heteroatoms. The molecule has 0 aliphatic carbocycles. The van der Waals surface area contributed by atoms with Crippen molar-refractivity contribution in [3.8, 4) is 0 Å². The Balaban J connectivity index is 2.70. The highest BCUT2D eigenvalue weighted by atomic mass is 16.4. The number of hydrogen-bond donors (Lipinski definition) is 2. The molecule has 18 heavy (non-hydrogen) atoms. The second kappa shape index (κ2) is 5.59. The van der Waals surface area contributed by atoms with Crippen molar-refractivity contribution in [1.29, 1.82) is 0 Å². The summed E-state index contributed by atoms with van der Waals surface area (Å²) in [4.78, 5) is 24.9. The third kappa shape index (κ3) is 2.76. The fourth-order valence-electron chi connectivity index (χ4n) is 2.28. The second-order valence-corrected chi connectivity index (χ2v) is 5.46. The number of carbonyl (C=O) groups excluding carboxylic acids is 1. The number of nitrogens with one attached hydrogen (secondary N) is 1. The molecule has 0 aromatic rings. The van der Waals surface area contributed by atoms with E-state index in [1.54, 1.807) is 6.92 Å². The van der Waals surface area contributed by atoms with Gasteiger partial charge in [0, 0.05) is 12.6 Å². The summed E-state index contributed by atoms with van der Waals surface area (Å²) in [6.45, 7) is 8.24. The van der Waals surface area contributed by atoms with E-state index in [0.717, 1.165) is 12.8 Å². The Morgan fingerprint density at radius 2 is 2.06 bits per heavy atom. The van der Waals surface area contributed by atoms with E-state index < -0.39 is 11.5 Å². The quantitative estimate of drug-likeness (QED) is 0.809.